The van der Waals surface area contributed by atoms with Gasteiger partial charge >= 0.3 is 6.18 Å². The highest BCUT2D eigenvalue weighted by molar-refractivity contribution is 5.68. The highest BCUT2D eigenvalue weighted by atomic mass is 19.4. The Morgan fingerprint density at radius 1 is 1.32 bits per heavy atom. The average Bonchev–Trinajstić information content (AvgIpc) is 2.56. The summed E-state index contributed by atoms with van der Waals surface area (Å²) in [5, 5.41) is 6.36. The fourth-order valence-corrected chi connectivity index (χ4v) is 2.64. The van der Waals surface area contributed by atoms with Crippen molar-refractivity contribution in [3.8, 4) is 0 Å². The Hall–Kier alpha value is -1.50. The van der Waals surface area contributed by atoms with E-state index in [4.69, 9.17) is 0 Å². The molecule has 104 valence electrons. The van der Waals surface area contributed by atoms with Crippen molar-refractivity contribution in [2.45, 2.75) is 18.6 Å². The summed E-state index contributed by atoms with van der Waals surface area (Å²) in [6, 6.07) is 1.46. The summed E-state index contributed by atoms with van der Waals surface area (Å²) in [4.78, 5) is 6.15. The first kappa shape index (κ1) is 12.5. The monoisotopic (exact) mass is 272 g/mol. The summed E-state index contributed by atoms with van der Waals surface area (Å²) in [6.45, 7) is 3.12. The summed E-state index contributed by atoms with van der Waals surface area (Å²) < 4.78 is 38.1. The van der Waals surface area contributed by atoms with Crippen LogP contribution in [0, 0.1) is 0 Å². The molecule has 1 atom stereocenters. The Morgan fingerprint density at radius 3 is 2.95 bits per heavy atom. The second kappa shape index (κ2) is 4.56. The zero-order valence-electron chi connectivity index (χ0n) is 10.3. The van der Waals surface area contributed by atoms with Gasteiger partial charge in [-0.2, -0.15) is 13.2 Å². The fraction of sp³-hybridized carbons (Fsp3) is 0.583. The number of hydrogen-bond donors (Lipinski definition) is 2. The van der Waals surface area contributed by atoms with Gasteiger partial charge in [0.15, 0.2) is 5.82 Å². The van der Waals surface area contributed by atoms with Gasteiger partial charge in [-0.25, -0.2) is 4.98 Å². The molecule has 7 heteroatoms. The minimum atomic E-state index is -4.35. The molecule has 19 heavy (non-hydrogen) atoms. The van der Waals surface area contributed by atoms with Gasteiger partial charge in [0.2, 0.25) is 0 Å². The predicted octanol–water partition coefficient (Wildman–Crippen LogP) is 1.69. The van der Waals surface area contributed by atoms with Crippen LogP contribution in [0.5, 0.6) is 0 Å². The molecule has 0 saturated carbocycles. The number of alkyl halides is 3. The molecule has 3 heterocycles. The van der Waals surface area contributed by atoms with Crippen molar-refractivity contribution in [3.05, 3.63) is 17.8 Å². The zero-order chi connectivity index (χ0) is 13.5. The van der Waals surface area contributed by atoms with Gasteiger partial charge in [-0.3, -0.25) is 0 Å². The van der Waals surface area contributed by atoms with Gasteiger partial charge in [-0.1, -0.05) is 0 Å². The van der Waals surface area contributed by atoms with Crippen molar-refractivity contribution in [2.24, 2.45) is 0 Å². The lowest BCUT2D eigenvalue weighted by molar-refractivity contribution is -0.137. The second-order valence-electron chi connectivity index (χ2n) is 4.86. The van der Waals surface area contributed by atoms with Crippen LogP contribution in [0.25, 0.3) is 0 Å². The smallest absolute Gasteiger partial charge is 0.382 e. The minimum absolute atomic E-state index is 0.298. The first-order valence-corrected chi connectivity index (χ1v) is 6.34. The van der Waals surface area contributed by atoms with Gasteiger partial charge in [0.25, 0.3) is 0 Å². The lowest BCUT2D eigenvalue weighted by atomic mass is 10.1. The molecule has 1 saturated heterocycles. The minimum Gasteiger partial charge on any atom is -0.382 e. The Morgan fingerprint density at radius 2 is 2.16 bits per heavy atom. The molecule has 2 aliphatic rings. The topological polar surface area (TPSA) is 40.2 Å². The van der Waals surface area contributed by atoms with Crippen LogP contribution >= 0.6 is 0 Å². The maximum atomic E-state index is 12.7. The van der Waals surface area contributed by atoms with Gasteiger partial charge in [-0.15, -0.1) is 0 Å². The quantitative estimate of drug-likeness (QED) is 0.754. The highest BCUT2D eigenvalue weighted by Gasteiger charge is 2.34. The number of anilines is 2. The van der Waals surface area contributed by atoms with Crippen LogP contribution in [0.3, 0.4) is 0 Å². The van der Waals surface area contributed by atoms with Crippen LogP contribution in [0.4, 0.5) is 24.7 Å². The van der Waals surface area contributed by atoms with Gasteiger partial charge in [-0.05, 0) is 12.5 Å². The second-order valence-corrected chi connectivity index (χ2v) is 4.86. The zero-order valence-corrected chi connectivity index (χ0v) is 10.3. The molecular weight excluding hydrogens is 257 g/mol. The van der Waals surface area contributed by atoms with Crippen LogP contribution in [0.1, 0.15) is 12.0 Å². The number of fused-ring (bicyclic) bond motifs is 3. The van der Waals surface area contributed by atoms with Crippen LogP contribution in [0.15, 0.2) is 12.3 Å². The fourth-order valence-electron chi connectivity index (χ4n) is 2.64. The molecule has 2 aliphatic heterocycles. The van der Waals surface area contributed by atoms with Crippen molar-refractivity contribution < 1.29 is 13.2 Å². The Bertz CT molecular complexity index is 475. The standard InChI is InChI=1S/C12H15F3N4/c13-12(14,15)8-5-10-11(18-6-8)19-4-3-16-7-9(19)1-2-17-10/h5-6,9,16-17H,1-4,7H2. The van der Waals surface area contributed by atoms with Gasteiger partial charge in [0.1, 0.15) is 0 Å². The van der Waals surface area contributed by atoms with Crippen molar-refractivity contribution in [2.75, 3.05) is 36.4 Å². The molecule has 1 fully saturated rings. The normalized spacial score (nSPS) is 23.1. The van der Waals surface area contributed by atoms with E-state index in [1.165, 1.54) is 0 Å². The Kier molecular flexibility index (Phi) is 3.00. The van der Waals surface area contributed by atoms with E-state index in [-0.39, 0.29) is 0 Å². The number of hydrogen-bond acceptors (Lipinski definition) is 4. The summed E-state index contributed by atoms with van der Waals surface area (Å²) >= 11 is 0. The first-order chi connectivity index (χ1) is 9.05. The van der Waals surface area contributed by atoms with Crippen LogP contribution in [0.2, 0.25) is 0 Å². The number of rotatable bonds is 0. The highest BCUT2D eigenvalue weighted by Crippen LogP contribution is 2.35. The number of nitrogens with zero attached hydrogens (tertiary/aromatic N) is 2. The van der Waals surface area contributed by atoms with Crippen molar-refractivity contribution in [1.29, 1.82) is 0 Å². The third-order valence-corrected chi connectivity index (χ3v) is 3.61. The Balaban J connectivity index is 1.99. The maximum Gasteiger partial charge on any atom is 0.417 e. The van der Waals surface area contributed by atoms with E-state index < -0.39 is 11.7 Å². The molecule has 1 aromatic rings. The molecule has 0 radical (unpaired) electrons. The van der Waals surface area contributed by atoms with Crippen molar-refractivity contribution in [3.63, 3.8) is 0 Å². The van der Waals surface area contributed by atoms with Crippen LogP contribution in [-0.2, 0) is 6.18 Å². The molecule has 4 nitrogen and oxygen atoms in total. The summed E-state index contributed by atoms with van der Waals surface area (Å²) in [5.41, 5.74) is -0.216. The summed E-state index contributed by atoms with van der Waals surface area (Å²) in [6.07, 6.45) is -2.53. The van der Waals surface area contributed by atoms with Gasteiger partial charge in [0.05, 0.1) is 11.3 Å². The van der Waals surface area contributed by atoms with E-state index >= 15 is 0 Å². The van der Waals surface area contributed by atoms with E-state index in [1.54, 1.807) is 0 Å². The molecule has 0 aromatic carbocycles. The lowest BCUT2D eigenvalue weighted by Crippen LogP contribution is -2.51. The third-order valence-electron chi connectivity index (χ3n) is 3.61. The molecule has 1 unspecified atom stereocenters. The summed E-state index contributed by atoms with van der Waals surface area (Å²) in [5.74, 6) is 0.636. The summed E-state index contributed by atoms with van der Waals surface area (Å²) in [7, 11) is 0. The number of aromatic nitrogens is 1. The number of piperazine rings is 1. The molecule has 0 amide bonds. The molecule has 0 aliphatic carbocycles. The van der Waals surface area contributed by atoms with E-state index in [0.717, 1.165) is 38.3 Å². The first-order valence-electron chi connectivity index (χ1n) is 6.34. The largest absolute Gasteiger partial charge is 0.417 e. The van der Waals surface area contributed by atoms with E-state index in [9.17, 15) is 13.2 Å². The third kappa shape index (κ3) is 2.34. The van der Waals surface area contributed by atoms with Crippen molar-refractivity contribution >= 4 is 11.5 Å². The predicted molar refractivity (Wildman–Crippen MR) is 66.3 cm³/mol. The van der Waals surface area contributed by atoms with E-state index in [2.05, 4.69) is 20.5 Å². The average molecular weight is 272 g/mol. The van der Waals surface area contributed by atoms with Crippen LogP contribution in [-0.4, -0.2) is 37.2 Å². The molecular formula is C12H15F3N4. The van der Waals surface area contributed by atoms with E-state index in [0.29, 0.717) is 24.1 Å². The number of nitrogens with one attached hydrogen (secondary N) is 2. The number of halogens is 3. The maximum absolute atomic E-state index is 12.7. The number of pyridine rings is 1. The lowest BCUT2D eigenvalue weighted by Gasteiger charge is -2.36. The van der Waals surface area contributed by atoms with Gasteiger partial charge < -0.3 is 15.5 Å². The molecule has 0 spiro atoms. The Labute approximate surface area is 109 Å². The SMILES string of the molecule is FC(F)(F)c1cnc2c(c1)NCCC1CNCCN21. The molecule has 3 rings (SSSR count). The van der Waals surface area contributed by atoms with Crippen LogP contribution < -0.4 is 15.5 Å². The van der Waals surface area contributed by atoms with Gasteiger partial charge in [0, 0.05) is 38.4 Å². The molecule has 2 N–H and O–H groups in total. The van der Waals surface area contributed by atoms with E-state index in [1.807, 2.05) is 0 Å². The van der Waals surface area contributed by atoms with Crippen molar-refractivity contribution in [1.82, 2.24) is 10.3 Å². The molecule has 0 bridgehead atoms. The molecule has 1 aromatic heterocycles.